The molecule has 1 heterocycles. The van der Waals surface area contributed by atoms with Crippen molar-refractivity contribution >= 4 is 11.8 Å². The van der Waals surface area contributed by atoms with Gasteiger partial charge in [-0.25, -0.2) is 4.39 Å². The number of nitriles is 1. The Kier molecular flexibility index (Phi) is 8.47. The highest BCUT2D eigenvalue weighted by Crippen LogP contribution is 2.24. The molecule has 2 N–H and O–H groups in total. The van der Waals surface area contributed by atoms with E-state index >= 15 is 0 Å². The maximum absolute atomic E-state index is 13.4. The number of unbranched alkanes of at least 4 members (excludes halogenated alkanes) is 1. The second kappa shape index (κ2) is 11.7. The fourth-order valence-corrected chi connectivity index (χ4v) is 3.72. The molecule has 1 aromatic heterocycles. The van der Waals surface area contributed by atoms with Crippen molar-refractivity contribution in [1.82, 2.24) is 15.6 Å². The zero-order valence-electron chi connectivity index (χ0n) is 19.3. The van der Waals surface area contributed by atoms with Gasteiger partial charge in [-0.3, -0.25) is 14.6 Å². The van der Waals surface area contributed by atoms with E-state index in [0.29, 0.717) is 40.9 Å². The highest BCUT2D eigenvalue weighted by Gasteiger charge is 2.19. The van der Waals surface area contributed by atoms with E-state index in [1.807, 2.05) is 18.2 Å². The van der Waals surface area contributed by atoms with Crippen LogP contribution in [-0.2, 0) is 17.6 Å². The summed E-state index contributed by atoms with van der Waals surface area (Å²) in [6, 6.07) is 18.6. The number of halogens is 1. The van der Waals surface area contributed by atoms with Crippen LogP contribution in [0.4, 0.5) is 4.39 Å². The molecule has 6 nitrogen and oxygen atoms in total. The summed E-state index contributed by atoms with van der Waals surface area (Å²) in [5.41, 5.74) is 3.69. The molecule has 2 aromatic carbocycles. The zero-order valence-corrected chi connectivity index (χ0v) is 19.3. The van der Waals surface area contributed by atoms with Gasteiger partial charge in [0.05, 0.1) is 28.6 Å². The van der Waals surface area contributed by atoms with Crippen LogP contribution in [0.2, 0.25) is 0 Å². The fraction of sp³-hybridized carbons (Fsp3) is 0.259. The highest BCUT2D eigenvalue weighted by molar-refractivity contribution is 5.98. The molecule has 0 aliphatic rings. The molecule has 1 atom stereocenters. The van der Waals surface area contributed by atoms with E-state index in [0.717, 1.165) is 18.4 Å². The van der Waals surface area contributed by atoms with Gasteiger partial charge in [0.1, 0.15) is 11.9 Å². The quantitative estimate of drug-likeness (QED) is 0.470. The SMILES string of the molecule is CNC(=O)C(C)NC(=O)c1ccc(-c2ccccc2C#N)nc1CCCCc1cccc(F)c1. The van der Waals surface area contributed by atoms with Gasteiger partial charge in [0.15, 0.2) is 0 Å². The highest BCUT2D eigenvalue weighted by atomic mass is 19.1. The van der Waals surface area contributed by atoms with E-state index in [1.54, 1.807) is 37.3 Å². The molecule has 3 aromatic rings. The van der Waals surface area contributed by atoms with Gasteiger partial charge in [-0.1, -0.05) is 30.3 Å². The van der Waals surface area contributed by atoms with Gasteiger partial charge in [0.2, 0.25) is 5.91 Å². The summed E-state index contributed by atoms with van der Waals surface area (Å²) in [5, 5.41) is 14.7. The minimum Gasteiger partial charge on any atom is -0.357 e. The van der Waals surface area contributed by atoms with Gasteiger partial charge in [-0.15, -0.1) is 0 Å². The summed E-state index contributed by atoms with van der Waals surface area (Å²) in [6.07, 6.45) is 2.76. The molecule has 7 heteroatoms. The molecule has 0 bridgehead atoms. The number of hydrogen-bond donors (Lipinski definition) is 2. The van der Waals surface area contributed by atoms with Gasteiger partial charge in [0, 0.05) is 12.6 Å². The number of likely N-dealkylation sites (N-methyl/N-ethyl adjacent to an activating group) is 1. The van der Waals surface area contributed by atoms with Gasteiger partial charge in [0.25, 0.3) is 5.91 Å². The first-order valence-corrected chi connectivity index (χ1v) is 11.2. The topological polar surface area (TPSA) is 94.9 Å². The van der Waals surface area contributed by atoms with Crippen molar-refractivity contribution in [2.45, 2.75) is 38.6 Å². The van der Waals surface area contributed by atoms with E-state index in [1.165, 1.54) is 19.2 Å². The van der Waals surface area contributed by atoms with Crippen LogP contribution in [-0.4, -0.2) is 29.9 Å². The maximum Gasteiger partial charge on any atom is 0.253 e. The van der Waals surface area contributed by atoms with E-state index in [4.69, 9.17) is 4.98 Å². The van der Waals surface area contributed by atoms with Gasteiger partial charge >= 0.3 is 0 Å². The zero-order chi connectivity index (χ0) is 24.5. The van der Waals surface area contributed by atoms with Gasteiger partial charge in [-0.2, -0.15) is 5.26 Å². The Morgan fingerprint density at radius 2 is 1.82 bits per heavy atom. The van der Waals surface area contributed by atoms with Gasteiger partial charge < -0.3 is 10.6 Å². The van der Waals surface area contributed by atoms with Crippen molar-refractivity contribution in [2.75, 3.05) is 7.05 Å². The Morgan fingerprint density at radius 1 is 1.06 bits per heavy atom. The Hall–Kier alpha value is -4.05. The van der Waals surface area contributed by atoms with E-state index in [2.05, 4.69) is 16.7 Å². The first-order valence-electron chi connectivity index (χ1n) is 11.2. The van der Waals surface area contributed by atoms with Crippen molar-refractivity contribution in [1.29, 1.82) is 5.26 Å². The molecular weight excluding hydrogens is 431 g/mol. The Labute approximate surface area is 198 Å². The Balaban J connectivity index is 1.83. The summed E-state index contributed by atoms with van der Waals surface area (Å²) in [7, 11) is 1.51. The average Bonchev–Trinajstić information content (AvgIpc) is 2.85. The molecule has 3 rings (SSSR count). The number of amides is 2. The van der Waals surface area contributed by atoms with E-state index in [-0.39, 0.29) is 17.6 Å². The number of hydrogen-bond acceptors (Lipinski definition) is 4. The molecular formula is C27H27FN4O2. The van der Waals surface area contributed by atoms with Crippen LogP contribution >= 0.6 is 0 Å². The number of rotatable bonds is 9. The molecule has 2 amide bonds. The summed E-state index contributed by atoms with van der Waals surface area (Å²) in [4.78, 5) is 29.5. The van der Waals surface area contributed by atoms with Crippen molar-refractivity contribution in [2.24, 2.45) is 0 Å². The van der Waals surface area contributed by atoms with Crippen molar-refractivity contribution in [3.8, 4) is 17.3 Å². The predicted molar refractivity (Wildman–Crippen MR) is 128 cm³/mol. The Bertz CT molecular complexity index is 1220. The number of aromatic nitrogens is 1. The summed E-state index contributed by atoms with van der Waals surface area (Å²) < 4.78 is 13.4. The van der Waals surface area contributed by atoms with Gasteiger partial charge in [-0.05, 0) is 68.5 Å². The third-order valence-electron chi connectivity index (χ3n) is 5.55. The summed E-state index contributed by atoms with van der Waals surface area (Å²) in [5.74, 6) is -0.936. The molecule has 0 radical (unpaired) electrons. The fourth-order valence-electron chi connectivity index (χ4n) is 3.72. The number of benzene rings is 2. The number of carbonyl (C=O) groups excluding carboxylic acids is 2. The van der Waals surface area contributed by atoms with Crippen LogP contribution in [0.25, 0.3) is 11.3 Å². The molecule has 0 spiro atoms. The largest absolute Gasteiger partial charge is 0.357 e. The standard InChI is InChI=1S/C27H27FN4O2/c1-18(26(33)30-2)31-27(34)23-14-15-25(22-12-5-4-10-20(22)17-29)32-24(23)13-6-3-8-19-9-7-11-21(28)16-19/h4-5,7,9-12,14-16,18H,3,6,8,13H2,1-2H3,(H,30,33)(H,31,34). The van der Waals surface area contributed by atoms with Crippen molar-refractivity contribution in [3.05, 3.63) is 88.9 Å². The number of aryl methyl sites for hydroxylation is 2. The lowest BCUT2D eigenvalue weighted by Crippen LogP contribution is -2.43. The van der Waals surface area contributed by atoms with Crippen LogP contribution in [0.1, 0.15) is 46.9 Å². The van der Waals surface area contributed by atoms with Crippen molar-refractivity contribution < 1.29 is 14.0 Å². The van der Waals surface area contributed by atoms with Crippen LogP contribution in [0.15, 0.2) is 60.7 Å². The van der Waals surface area contributed by atoms with Crippen LogP contribution in [0.3, 0.4) is 0 Å². The molecule has 1 unspecified atom stereocenters. The number of pyridine rings is 1. The third kappa shape index (κ3) is 6.26. The first kappa shape index (κ1) is 24.6. The van der Waals surface area contributed by atoms with E-state index in [9.17, 15) is 19.2 Å². The van der Waals surface area contributed by atoms with Crippen molar-refractivity contribution in [3.63, 3.8) is 0 Å². The molecule has 34 heavy (non-hydrogen) atoms. The van der Waals surface area contributed by atoms with Crippen LogP contribution in [0.5, 0.6) is 0 Å². The lowest BCUT2D eigenvalue weighted by Gasteiger charge is -2.15. The number of carbonyl (C=O) groups is 2. The molecule has 0 saturated carbocycles. The molecule has 0 fully saturated rings. The molecule has 0 aliphatic heterocycles. The monoisotopic (exact) mass is 458 g/mol. The Morgan fingerprint density at radius 3 is 2.56 bits per heavy atom. The summed E-state index contributed by atoms with van der Waals surface area (Å²) >= 11 is 0. The normalized spacial score (nSPS) is 11.4. The smallest absolute Gasteiger partial charge is 0.253 e. The van der Waals surface area contributed by atoms with E-state index < -0.39 is 6.04 Å². The minimum atomic E-state index is -0.697. The average molecular weight is 459 g/mol. The molecule has 0 saturated heterocycles. The summed E-state index contributed by atoms with van der Waals surface area (Å²) in [6.45, 7) is 1.61. The first-order chi connectivity index (χ1) is 16.4. The second-order valence-corrected chi connectivity index (χ2v) is 7.99. The van der Waals surface area contributed by atoms with Crippen LogP contribution in [0, 0.1) is 17.1 Å². The minimum absolute atomic E-state index is 0.257. The second-order valence-electron chi connectivity index (χ2n) is 7.99. The lowest BCUT2D eigenvalue weighted by molar-refractivity contribution is -0.122. The third-order valence-corrected chi connectivity index (χ3v) is 5.55. The predicted octanol–water partition coefficient (Wildman–Crippen LogP) is 4.19. The number of nitrogens with one attached hydrogen (secondary N) is 2. The molecule has 0 aliphatic carbocycles. The molecule has 174 valence electrons. The number of nitrogens with zero attached hydrogens (tertiary/aromatic N) is 2. The van der Waals surface area contributed by atoms with Crippen LogP contribution < -0.4 is 10.6 Å². The lowest BCUT2D eigenvalue weighted by atomic mass is 10.0. The maximum atomic E-state index is 13.4.